The van der Waals surface area contributed by atoms with Crippen molar-refractivity contribution < 1.29 is 14.1 Å². The van der Waals surface area contributed by atoms with Gasteiger partial charge in [-0.15, -0.1) is 0 Å². The topological polar surface area (TPSA) is 49.9 Å². The minimum atomic E-state index is -3.17. The lowest BCUT2D eigenvalue weighted by Crippen LogP contribution is -2.26. The summed E-state index contributed by atoms with van der Waals surface area (Å²) in [5.41, 5.74) is -0.662. The summed E-state index contributed by atoms with van der Waals surface area (Å²) in [5, 5.41) is 0. The van der Waals surface area contributed by atoms with Gasteiger partial charge in [0.15, 0.2) is 0 Å². The Morgan fingerprint density at radius 3 is 1.85 bits per heavy atom. The van der Waals surface area contributed by atoms with Gasteiger partial charge in [-0.05, 0) is 35.1 Å². The molecule has 0 aliphatic rings. The Kier molecular flexibility index (Phi) is 4.61. The zero-order chi connectivity index (χ0) is 10.6. The summed E-state index contributed by atoms with van der Waals surface area (Å²) in [6, 6.07) is 0. The molecule has 0 aromatic rings. The molecule has 0 unspecified atom stereocenters. The van der Waals surface area contributed by atoms with Crippen LogP contribution in [0.5, 0.6) is 0 Å². The van der Waals surface area contributed by atoms with Crippen molar-refractivity contribution in [3.05, 3.63) is 0 Å². The average molecular weight is 208 g/mol. The largest absolute Gasteiger partial charge is 0.459 e. The molecule has 13 heavy (non-hydrogen) atoms. The second kappa shape index (κ2) is 4.74. The van der Waals surface area contributed by atoms with E-state index in [1.165, 1.54) is 9.34 Å². The lowest BCUT2D eigenvalue weighted by atomic mass is 10.9. The molecule has 0 aromatic heterocycles. The predicted molar refractivity (Wildman–Crippen MR) is 52.0 cm³/mol. The van der Waals surface area contributed by atoms with Crippen LogP contribution in [0.3, 0.4) is 0 Å². The van der Waals surface area contributed by atoms with E-state index in [1.54, 1.807) is 35.1 Å². The standard InChI is InChI=1S/C7H17N2O3P/c1-6-12-7(10)13(11,8(2)3)9(4)5/h6H2,1-5H3. The van der Waals surface area contributed by atoms with E-state index in [-0.39, 0.29) is 6.61 Å². The summed E-state index contributed by atoms with van der Waals surface area (Å²) in [6.07, 6.45) is 0. The lowest BCUT2D eigenvalue weighted by Gasteiger charge is -2.27. The number of carbonyl (C=O) groups is 1. The molecule has 0 spiro atoms. The second-order valence-electron chi connectivity index (χ2n) is 2.94. The Morgan fingerprint density at radius 1 is 1.23 bits per heavy atom. The third-order valence-electron chi connectivity index (χ3n) is 1.59. The van der Waals surface area contributed by atoms with Crippen molar-refractivity contribution in [2.75, 3.05) is 34.8 Å². The Labute approximate surface area is 79.1 Å². The van der Waals surface area contributed by atoms with Crippen molar-refractivity contribution in [2.24, 2.45) is 0 Å². The van der Waals surface area contributed by atoms with Gasteiger partial charge in [0.05, 0.1) is 6.61 Å². The van der Waals surface area contributed by atoms with E-state index in [2.05, 4.69) is 0 Å². The highest BCUT2D eigenvalue weighted by atomic mass is 31.2. The fraction of sp³-hybridized carbons (Fsp3) is 0.857. The molecular weight excluding hydrogens is 191 g/mol. The van der Waals surface area contributed by atoms with Gasteiger partial charge >= 0.3 is 13.2 Å². The molecule has 0 saturated heterocycles. The van der Waals surface area contributed by atoms with Crippen molar-refractivity contribution in [3.63, 3.8) is 0 Å². The summed E-state index contributed by atoms with van der Waals surface area (Å²) < 4.78 is 19.6. The van der Waals surface area contributed by atoms with Gasteiger partial charge in [0.2, 0.25) is 0 Å². The van der Waals surface area contributed by atoms with Gasteiger partial charge < -0.3 is 4.74 Å². The maximum absolute atomic E-state index is 12.1. The van der Waals surface area contributed by atoms with E-state index in [1.807, 2.05) is 0 Å². The van der Waals surface area contributed by atoms with E-state index < -0.39 is 13.2 Å². The quantitative estimate of drug-likeness (QED) is 0.654. The van der Waals surface area contributed by atoms with Gasteiger partial charge in [-0.1, -0.05) is 0 Å². The summed E-state index contributed by atoms with van der Waals surface area (Å²) in [7, 11) is 3.21. The SMILES string of the molecule is CCOC(=O)P(=O)(N(C)C)N(C)C. The molecule has 6 heteroatoms. The van der Waals surface area contributed by atoms with Gasteiger partial charge in [0.1, 0.15) is 0 Å². The molecule has 0 bridgehead atoms. The number of nitrogens with zero attached hydrogens (tertiary/aromatic N) is 2. The van der Waals surface area contributed by atoms with Crippen LogP contribution < -0.4 is 0 Å². The second-order valence-corrected chi connectivity index (χ2v) is 5.99. The first kappa shape index (κ1) is 12.6. The van der Waals surface area contributed by atoms with Crippen LogP contribution in [0.25, 0.3) is 0 Å². The molecule has 0 amide bonds. The van der Waals surface area contributed by atoms with Crippen molar-refractivity contribution in [1.82, 2.24) is 9.34 Å². The van der Waals surface area contributed by atoms with Crippen molar-refractivity contribution in [3.8, 4) is 0 Å². The maximum atomic E-state index is 12.1. The molecule has 0 heterocycles. The molecule has 0 aromatic carbocycles. The minimum absolute atomic E-state index is 0.241. The van der Waals surface area contributed by atoms with Crippen LogP contribution >= 0.6 is 7.44 Å². The van der Waals surface area contributed by atoms with Crippen LogP contribution in [-0.2, 0) is 9.30 Å². The molecule has 78 valence electrons. The third kappa shape index (κ3) is 2.53. The minimum Gasteiger partial charge on any atom is -0.459 e. The maximum Gasteiger partial charge on any atom is 0.395 e. The Balaban J connectivity index is 4.81. The Hall–Kier alpha value is -0.380. The first-order chi connectivity index (χ1) is 5.87. The highest BCUT2D eigenvalue weighted by molar-refractivity contribution is 7.75. The summed E-state index contributed by atoms with van der Waals surface area (Å²) in [6.45, 7) is 1.93. The average Bonchev–Trinajstić information content (AvgIpc) is 2.02. The van der Waals surface area contributed by atoms with E-state index >= 15 is 0 Å². The number of ether oxygens (including phenoxy) is 1. The number of hydrogen-bond acceptors (Lipinski definition) is 3. The van der Waals surface area contributed by atoms with Gasteiger partial charge in [-0.25, -0.2) is 14.1 Å². The van der Waals surface area contributed by atoms with Crippen LogP contribution in [0.15, 0.2) is 0 Å². The third-order valence-corrected chi connectivity index (χ3v) is 4.36. The Morgan fingerprint density at radius 2 is 1.62 bits per heavy atom. The molecule has 0 aliphatic heterocycles. The molecule has 0 N–H and O–H groups in total. The van der Waals surface area contributed by atoms with E-state index in [4.69, 9.17) is 4.74 Å². The summed E-state index contributed by atoms with van der Waals surface area (Å²) >= 11 is 0. The number of hydrogen-bond donors (Lipinski definition) is 0. The zero-order valence-electron chi connectivity index (χ0n) is 8.77. The lowest BCUT2D eigenvalue weighted by molar-refractivity contribution is 0.174. The molecule has 0 saturated carbocycles. The number of carbonyl (C=O) groups excluding carboxylic acids is 1. The zero-order valence-corrected chi connectivity index (χ0v) is 9.67. The first-order valence-corrected chi connectivity index (χ1v) is 5.61. The van der Waals surface area contributed by atoms with Crippen LogP contribution in [0.2, 0.25) is 0 Å². The molecule has 0 rings (SSSR count). The van der Waals surface area contributed by atoms with Crippen LogP contribution in [0, 0.1) is 0 Å². The normalized spacial score (nSPS) is 12.2. The van der Waals surface area contributed by atoms with E-state index in [0.717, 1.165) is 0 Å². The molecule has 0 radical (unpaired) electrons. The number of rotatable bonds is 4. The molecule has 0 fully saturated rings. The molecule has 5 nitrogen and oxygen atoms in total. The fourth-order valence-corrected chi connectivity index (χ4v) is 2.56. The Bertz CT molecular complexity index is 216. The molecule has 0 atom stereocenters. The highest BCUT2D eigenvalue weighted by Gasteiger charge is 2.38. The van der Waals surface area contributed by atoms with Crippen LogP contribution in [0.4, 0.5) is 4.79 Å². The summed E-state index contributed by atoms with van der Waals surface area (Å²) in [4.78, 5) is 11.4. The monoisotopic (exact) mass is 208 g/mol. The fourth-order valence-electron chi connectivity index (χ4n) is 0.892. The van der Waals surface area contributed by atoms with Crippen molar-refractivity contribution >= 4 is 13.2 Å². The van der Waals surface area contributed by atoms with Crippen molar-refractivity contribution in [2.45, 2.75) is 6.92 Å². The highest BCUT2D eigenvalue weighted by Crippen LogP contribution is 2.50. The summed E-state index contributed by atoms with van der Waals surface area (Å²) in [5.74, 6) is 0. The first-order valence-electron chi connectivity index (χ1n) is 4.00. The van der Waals surface area contributed by atoms with Crippen LogP contribution in [-0.4, -0.2) is 49.8 Å². The molecule has 0 aliphatic carbocycles. The van der Waals surface area contributed by atoms with Gasteiger partial charge in [0, 0.05) is 0 Å². The van der Waals surface area contributed by atoms with Gasteiger partial charge in [-0.2, -0.15) is 0 Å². The van der Waals surface area contributed by atoms with Crippen molar-refractivity contribution in [1.29, 1.82) is 0 Å². The van der Waals surface area contributed by atoms with E-state index in [9.17, 15) is 9.36 Å². The molecular formula is C7H17N2O3P. The predicted octanol–water partition coefficient (Wildman–Crippen LogP) is 1.46. The van der Waals surface area contributed by atoms with E-state index in [0.29, 0.717) is 0 Å². The smallest absolute Gasteiger partial charge is 0.395 e. The van der Waals surface area contributed by atoms with Crippen LogP contribution in [0.1, 0.15) is 6.92 Å². The van der Waals surface area contributed by atoms with Gasteiger partial charge in [-0.3, -0.25) is 4.57 Å². The van der Waals surface area contributed by atoms with Gasteiger partial charge in [0.25, 0.3) is 0 Å².